The Bertz CT molecular complexity index is 298. The molecule has 0 spiro atoms. The molecule has 19 heavy (non-hydrogen) atoms. The average Bonchev–Trinajstić information content (AvgIpc) is 2.29. The van der Waals surface area contributed by atoms with E-state index in [1.54, 1.807) is 0 Å². The van der Waals surface area contributed by atoms with Gasteiger partial charge in [-0.3, -0.25) is 4.79 Å². The Morgan fingerprint density at radius 3 is 2.16 bits per heavy atom. The van der Waals surface area contributed by atoms with Crippen LogP contribution in [0.2, 0.25) is 0 Å². The van der Waals surface area contributed by atoms with Crippen LogP contribution in [-0.2, 0) is 4.57 Å². The SMILES string of the molecule is CC(C)CCNC(=O)P(=O)(O)O.NC1CCCCC1. The van der Waals surface area contributed by atoms with Gasteiger partial charge < -0.3 is 20.8 Å². The fourth-order valence-electron chi connectivity index (χ4n) is 1.70. The first-order valence-electron chi connectivity index (χ1n) is 6.83. The van der Waals surface area contributed by atoms with E-state index in [2.05, 4.69) is 5.32 Å². The summed E-state index contributed by atoms with van der Waals surface area (Å²) in [6, 6.07) is 0.536. The normalized spacial score (nSPS) is 16.7. The molecule has 114 valence electrons. The summed E-state index contributed by atoms with van der Waals surface area (Å²) in [7, 11) is -4.57. The van der Waals surface area contributed by atoms with Gasteiger partial charge in [-0.1, -0.05) is 33.1 Å². The van der Waals surface area contributed by atoms with Crippen LogP contribution in [0.4, 0.5) is 4.79 Å². The van der Waals surface area contributed by atoms with Crippen LogP contribution in [-0.4, -0.2) is 28.0 Å². The number of rotatable bonds is 4. The van der Waals surface area contributed by atoms with Crippen molar-refractivity contribution in [2.75, 3.05) is 6.54 Å². The lowest BCUT2D eigenvalue weighted by Crippen LogP contribution is -2.23. The summed E-state index contributed by atoms with van der Waals surface area (Å²) >= 11 is 0. The highest BCUT2D eigenvalue weighted by Gasteiger charge is 2.24. The smallest absolute Gasteiger partial charge is 0.346 e. The Kier molecular flexibility index (Phi) is 9.27. The van der Waals surface area contributed by atoms with E-state index in [1.165, 1.54) is 32.1 Å². The molecule has 1 aliphatic carbocycles. The second kappa shape index (κ2) is 9.48. The quantitative estimate of drug-likeness (QED) is 0.594. The third-order valence-electron chi connectivity index (χ3n) is 2.91. The molecule has 1 saturated carbocycles. The van der Waals surface area contributed by atoms with Crippen molar-refractivity contribution in [2.24, 2.45) is 11.7 Å². The van der Waals surface area contributed by atoms with E-state index >= 15 is 0 Å². The lowest BCUT2D eigenvalue weighted by Gasteiger charge is -2.15. The van der Waals surface area contributed by atoms with Crippen molar-refractivity contribution in [2.45, 2.75) is 58.4 Å². The standard InChI is InChI=1S/C6H14NO4P.C6H13N/c1-5(2)3-4-7-6(8)12(9,10)11;7-6-4-2-1-3-5-6/h5H,3-4H2,1-2H3,(H,7,8)(H2,9,10,11);6H,1-5,7H2. The molecular formula is C12H27N2O4P. The summed E-state index contributed by atoms with van der Waals surface area (Å²) in [5.41, 5.74) is 4.44. The average molecular weight is 294 g/mol. The minimum Gasteiger partial charge on any atom is -0.346 e. The molecule has 0 aromatic carbocycles. The molecule has 0 atom stereocenters. The molecule has 0 aliphatic heterocycles. The van der Waals surface area contributed by atoms with Crippen LogP contribution in [0.25, 0.3) is 0 Å². The van der Waals surface area contributed by atoms with Crippen molar-refractivity contribution in [3.05, 3.63) is 0 Å². The molecular weight excluding hydrogens is 267 g/mol. The zero-order valence-electron chi connectivity index (χ0n) is 11.8. The number of amides is 1. The minimum absolute atomic E-state index is 0.307. The van der Waals surface area contributed by atoms with Crippen molar-refractivity contribution >= 4 is 13.2 Å². The summed E-state index contributed by atoms with van der Waals surface area (Å²) in [5, 5.41) is 2.15. The molecule has 0 saturated heterocycles. The molecule has 1 rings (SSSR count). The highest BCUT2D eigenvalue weighted by molar-refractivity contribution is 7.69. The molecule has 1 aliphatic rings. The maximum Gasteiger partial charge on any atom is 0.413 e. The number of hydrogen-bond donors (Lipinski definition) is 4. The maximum absolute atomic E-state index is 10.6. The van der Waals surface area contributed by atoms with Crippen molar-refractivity contribution in [3.8, 4) is 0 Å². The van der Waals surface area contributed by atoms with E-state index in [1.807, 2.05) is 13.8 Å². The maximum atomic E-state index is 10.6. The summed E-state index contributed by atoms with van der Waals surface area (Å²) in [6.45, 7) is 4.23. The van der Waals surface area contributed by atoms with E-state index in [4.69, 9.17) is 15.5 Å². The van der Waals surface area contributed by atoms with E-state index in [9.17, 15) is 9.36 Å². The van der Waals surface area contributed by atoms with Crippen molar-refractivity contribution in [1.29, 1.82) is 0 Å². The number of carbonyl (C=O) groups is 1. The van der Waals surface area contributed by atoms with Crippen molar-refractivity contribution < 1.29 is 19.1 Å². The number of hydrogen-bond acceptors (Lipinski definition) is 3. The van der Waals surface area contributed by atoms with Crippen LogP contribution in [0.15, 0.2) is 0 Å². The van der Waals surface area contributed by atoms with Gasteiger partial charge in [0, 0.05) is 12.6 Å². The molecule has 5 N–H and O–H groups in total. The molecule has 0 aromatic rings. The van der Waals surface area contributed by atoms with Gasteiger partial charge in [0.05, 0.1) is 0 Å². The third kappa shape index (κ3) is 11.1. The summed E-state index contributed by atoms with van der Waals surface area (Å²) in [5.74, 6) is 0.405. The Morgan fingerprint density at radius 2 is 1.84 bits per heavy atom. The highest BCUT2D eigenvalue weighted by atomic mass is 31.2. The Balaban J connectivity index is 0.000000388. The highest BCUT2D eigenvalue weighted by Crippen LogP contribution is 2.34. The topological polar surface area (TPSA) is 113 Å². The third-order valence-corrected chi connectivity index (χ3v) is 3.60. The first kappa shape index (κ1) is 18.6. The lowest BCUT2D eigenvalue weighted by atomic mass is 9.97. The summed E-state index contributed by atoms with van der Waals surface area (Å²) < 4.78 is 10.3. The molecule has 1 fully saturated rings. The van der Waals surface area contributed by atoms with E-state index in [0.29, 0.717) is 24.9 Å². The molecule has 0 heterocycles. The molecule has 0 aromatic heterocycles. The van der Waals surface area contributed by atoms with Gasteiger partial charge in [0.2, 0.25) is 0 Å². The van der Waals surface area contributed by atoms with E-state index in [-0.39, 0.29) is 0 Å². The zero-order chi connectivity index (χ0) is 14.9. The number of nitrogens with one attached hydrogen (secondary N) is 1. The zero-order valence-corrected chi connectivity index (χ0v) is 12.7. The van der Waals surface area contributed by atoms with Gasteiger partial charge in [-0.25, -0.2) is 4.57 Å². The number of carbonyl (C=O) groups excluding carboxylic acids is 1. The van der Waals surface area contributed by atoms with Crippen molar-refractivity contribution in [1.82, 2.24) is 5.32 Å². The number of nitrogens with two attached hydrogens (primary N) is 1. The Morgan fingerprint density at radius 1 is 1.32 bits per heavy atom. The van der Waals surface area contributed by atoms with E-state index in [0.717, 1.165) is 0 Å². The molecule has 7 heteroatoms. The first-order valence-corrected chi connectivity index (χ1v) is 8.44. The van der Waals surface area contributed by atoms with Gasteiger partial charge in [-0.15, -0.1) is 0 Å². The Hall–Kier alpha value is -0.420. The van der Waals surface area contributed by atoms with Crippen LogP contribution in [0.5, 0.6) is 0 Å². The monoisotopic (exact) mass is 294 g/mol. The van der Waals surface area contributed by atoms with Gasteiger partial charge in [-0.2, -0.15) is 0 Å². The lowest BCUT2D eigenvalue weighted by molar-refractivity contribution is 0.248. The fourth-order valence-corrected chi connectivity index (χ4v) is 2.02. The minimum atomic E-state index is -4.57. The molecule has 6 nitrogen and oxygen atoms in total. The predicted molar refractivity (Wildman–Crippen MR) is 76.0 cm³/mol. The van der Waals surface area contributed by atoms with Gasteiger partial charge >= 0.3 is 13.2 Å². The van der Waals surface area contributed by atoms with Crippen molar-refractivity contribution in [3.63, 3.8) is 0 Å². The fraction of sp³-hybridized carbons (Fsp3) is 0.917. The first-order chi connectivity index (χ1) is 8.73. The molecule has 0 bridgehead atoms. The molecule has 0 unspecified atom stereocenters. The molecule has 0 radical (unpaired) electrons. The predicted octanol–water partition coefficient (Wildman–Crippen LogP) is 2.20. The molecule has 1 amide bonds. The van der Waals surface area contributed by atoms with Gasteiger partial charge in [0.25, 0.3) is 0 Å². The van der Waals surface area contributed by atoms with Gasteiger partial charge in [-0.05, 0) is 25.2 Å². The largest absolute Gasteiger partial charge is 0.413 e. The van der Waals surface area contributed by atoms with Crippen LogP contribution in [0.1, 0.15) is 52.4 Å². The summed E-state index contributed by atoms with van der Waals surface area (Å²) in [4.78, 5) is 27.3. The van der Waals surface area contributed by atoms with E-state index < -0.39 is 13.2 Å². The van der Waals surface area contributed by atoms with Gasteiger partial charge in [0.1, 0.15) is 0 Å². The van der Waals surface area contributed by atoms with Gasteiger partial charge in [0.15, 0.2) is 0 Å². The second-order valence-electron chi connectivity index (χ2n) is 5.36. The second-order valence-corrected chi connectivity index (χ2v) is 6.85. The summed E-state index contributed by atoms with van der Waals surface area (Å²) in [6.07, 6.45) is 7.38. The van der Waals surface area contributed by atoms with Crippen LogP contribution in [0, 0.1) is 5.92 Å². The van der Waals surface area contributed by atoms with Crippen LogP contribution >= 0.6 is 7.60 Å². The van der Waals surface area contributed by atoms with Crippen LogP contribution in [0.3, 0.4) is 0 Å². The Labute approximate surface area is 115 Å². The van der Waals surface area contributed by atoms with Crippen LogP contribution < -0.4 is 11.1 Å².